The number of tetrazole rings is 1. The maximum absolute atomic E-state index is 14.5. The molecular formula is C18H17F2N7O4S. The van der Waals surface area contributed by atoms with Crippen molar-refractivity contribution in [1.82, 2.24) is 34.8 Å². The number of rotatable bonds is 8. The van der Waals surface area contributed by atoms with Crippen molar-refractivity contribution in [2.45, 2.75) is 11.8 Å². The molecule has 32 heavy (non-hydrogen) atoms. The van der Waals surface area contributed by atoms with Gasteiger partial charge in [0.1, 0.15) is 23.7 Å². The van der Waals surface area contributed by atoms with Crippen molar-refractivity contribution in [2.75, 3.05) is 19.8 Å². The van der Waals surface area contributed by atoms with E-state index in [9.17, 15) is 26.8 Å². The van der Waals surface area contributed by atoms with Crippen molar-refractivity contribution < 1.29 is 26.8 Å². The van der Waals surface area contributed by atoms with Crippen molar-refractivity contribution in [3.8, 4) is 5.69 Å². The zero-order valence-corrected chi connectivity index (χ0v) is 17.5. The molecule has 0 saturated heterocycles. The Morgan fingerprint density at radius 1 is 1.19 bits per heavy atom. The van der Waals surface area contributed by atoms with Crippen molar-refractivity contribution >= 4 is 21.8 Å². The Hall–Kier alpha value is -3.81. The number of sulfonamides is 1. The average Bonchev–Trinajstić information content (AvgIpc) is 3.31. The van der Waals surface area contributed by atoms with Gasteiger partial charge in [0.05, 0.1) is 17.4 Å². The molecule has 0 saturated carbocycles. The lowest BCUT2D eigenvalue weighted by Gasteiger charge is -2.19. The van der Waals surface area contributed by atoms with Crippen LogP contribution in [0.25, 0.3) is 5.69 Å². The highest BCUT2D eigenvalue weighted by molar-refractivity contribution is 7.90. The molecule has 14 heteroatoms. The molecule has 2 heterocycles. The summed E-state index contributed by atoms with van der Waals surface area (Å²) < 4.78 is 55.2. The van der Waals surface area contributed by atoms with E-state index in [-0.39, 0.29) is 24.2 Å². The summed E-state index contributed by atoms with van der Waals surface area (Å²) in [6.45, 7) is 0.870. The Balaban J connectivity index is 1.82. The van der Waals surface area contributed by atoms with Crippen LogP contribution in [0.15, 0.2) is 47.9 Å². The summed E-state index contributed by atoms with van der Waals surface area (Å²) in [6.07, 6.45) is 3.71. The number of carbonyl (C=O) groups excluding carboxylic acids is 2. The summed E-state index contributed by atoms with van der Waals surface area (Å²) in [7, 11) is -4.62. The number of hydrogen-bond acceptors (Lipinski definition) is 8. The molecule has 2 aromatic heterocycles. The second kappa shape index (κ2) is 9.55. The predicted molar refractivity (Wildman–Crippen MR) is 106 cm³/mol. The molecule has 0 radical (unpaired) electrons. The predicted octanol–water partition coefficient (Wildman–Crippen LogP) is 0.747. The maximum Gasteiger partial charge on any atom is 0.267 e. The molecule has 168 valence electrons. The monoisotopic (exact) mass is 465 g/mol. The van der Waals surface area contributed by atoms with Gasteiger partial charge >= 0.3 is 0 Å². The number of nitrogens with zero attached hydrogens (tertiary/aromatic N) is 6. The highest BCUT2D eigenvalue weighted by Gasteiger charge is 2.25. The number of alkyl halides is 1. The number of halogens is 2. The minimum atomic E-state index is -4.62. The molecule has 3 rings (SSSR count). The highest BCUT2D eigenvalue weighted by Crippen LogP contribution is 2.18. The van der Waals surface area contributed by atoms with Crippen molar-refractivity contribution in [3.63, 3.8) is 0 Å². The molecule has 0 atom stereocenters. The van der Waals surface area contributed by atoms with Crippen LogP contribution in [0, 0.1) is 5.82 Å². The molecule has 0 aliphatic rings. The summed E-state index contributed by atoms with van der Waals surface area (Å²) in [5, 5.41) is 10.5. The minimum absolute atomic E-state index is 0.140. The fourth-order valence-electron chi connectivity index (χ4n) is 2.73. The third-order valence-electron chi connectivity index (χ3n) is 4.32. The summed E-state index contributed by atoms with van der Waals surface area (Å²) in [5.74, 6) is -2.96. The van der Waals surface area contributed by atoms with Gasteiger partial charge in [-0.2, -0.15) is 4.68 Å². The van der Waals surface area contributed by atoms with Gasteiger partial charge in [0, 0.05) is 24.8 Å². The lowest BCUT2D eigenvalue weighted by Crippen LogP contribution is -2.33. The van der Waals surface area contributed by atoms with E-state index in [1.165, 1.54) is 23.3 Å². The van der Waals surface area contributed by atoms with Gasteiger partial charge < -0.3 is 4.90 Å². The zero-order valence-electron chi connectivity index (χ0n) is 16.6. The maximum atomic E-state index is 14.5. The standard InChI is InChI=1S/C18H17F2N7O4S/c1-2-26(6-5-19)18(29)12-3-4-16(15(20)8-12)32(30,31)23-17(28)13-7-14(10-21-9-13)27-11-22-24-25-27/h3-4,7-11H,2,5-6H2,1H3,(H,23,28). The molecular weight excluding hydrogens is 448 g/mol. The fourth-order valence-corrected chi connectivity index (χ4v) is 3.77. The van der Waals surface area contributed by atoms with Crippen LogP contribution >= 0.6 is 0 Å². The molecule has 1 aromatic carbocycles. The first kappa shape index (κ1) is 22.9. The van der Waals surface area contributed by atoms with E-state index in [0.29, 0.717) is 5.69 Å². The van der Waals surface area contributed by atoms with Gasteiger partial charge in [-0.15, -0.1) is 5.10 Å². The summed E-state index contributed by atoms with van der Waals surface area (Å²) in [5.41, 5.74) is 0.00265. The van der Waals surface area contributed by atoms with Crippen molar-refractivity contribution in [3.05, 3.63) is 59.9 Å². The van der Waals surface area contributed by atoms with Crippen LogP contribution in [-0.4, -0.2) is 70.1 Å². The molecule has 0 aliphatic heterocycles. The number of amides is 2. The van der Waals surface area contributed by atoms with Crippen LogP contribution in [0.1, 0.15) is 27.6 Å². The molecule has 2 amide bonds. The van der Waals surface area contributed by atoms with Crippen LogP contribution < -0.4 is 4.72 Å². The van der Waals surface area contributed by atoms with Crippen molar-refractivity contribution in [2.24, 2.45) is 0 Å². The third kappa shape index (κ3) is 4.91. The summed E-state index contributed by atoms with van der Waals surface area (Å²) >= 11 is 0. The van der Waals surface area contributed by atoms with E-state index in [2.05, 4.69) is 20.5 Å². The zero-order chi connectivity index (χ0) is 23.3. The van der Waals surface area contributed by atoms with Crippen molar-refractivity contribution in [1.29, 1.82) is 0 Å². The van der Waals surface area contributed by atoms with Gasteiger partial charge in [-0.05, 0) is 41.6 Å². The van der Waals surface area contributed by atoms with E-state index in [4.69, 9.17) is 0 Å². The average molecular weight is 465 g/mol. The quantitative estimate of drug-likeness (QED) is 0.514. The number of hydrogen-bond donors (Lipinski definition) is 1. The first-order valence-corrected chi connectivity index (χ1v) is 10.7. The molecule has 0 spiro atoms. The van der Waals surface area contributed by atoms with Crippen LogP contribution in [0.5, 0.6) is 0 Å². The number of nitrogens with one attached hydrogen (secondary N) is 1. The van der Waals surface area contributed by atoms with Crippen LogP contribution in [-0.2, 0) is 10.0 Å². The SMILES string of the molecule is CCN(CCF)C(=O)c1ccc(S(=O)(=O)NC(=O)c2cncc(-n3cnnn3)c2)c(F)c1. The van der Waals surface area contributed by atoms with Gasteiger partial charge in [0.25, 0.3) is 21.8 Å². The van der Waals surface area contributed by atoms with Gasteiger partial charge in [-0.3, -0.25) is 14.6 Å². The number of carbonyl (C=O) groups is 2. The molecule has 11 nitrogen and oxygen atoms in total. The Bertz CT molecular complexity index is 1240. The highest BCUT2D eigenvalue weighted by atomic mass is 32.2. The largest absolute Gasteiger partial charge is 0.336 e. The molecule has 3 aromatic rings. The van der Waals surface area contributed by atoms with E-state index in [1.54, 1.807) is 11.6 Å². The fraction of sp³-hybridized carbons (Fsp3) is 0.222. The number of benzene rings is 1. The topological polar surface area (TPSA) is 140 Å². The van der Waals surface area contributed by atoms with Gasteiger partial charge in [-0.25, -0.2) is 21.9 Å². The summed E-state index contributed by atoms with van der Waals surface area (Å²) in [4.78, 5) is 28.9. The first-order valence-electron chi connectivity index (χ1n) is 9.17. The molecule has 0 fully saturated rings. The molecule has 0 aliphatic carbocycles. The van der Waals surface area contributed by atoms with Gasteiger partial charge in [0.2, 0.25) is 0 Å². The van der Waals surface area contributed by atoms with Crippen LogP contribution in [0.2, 0.25) is 0 Å². The molecule has 0 unspecified atom stereocenters. The second-order valence-corrected chi connectivity index (χ2v) is 7.99. The Morgan fingerprint density at radius 3 is 2.59 bits per heavy atom. The second-order valence-electron chi connectivity index (χ2n) is 6.34. The van der Waals surface area contributed by atoms with Crippen LogP contribution in [0.3, 0.4) is 0 Å². The third-order valence-corrected chi connectivity index (χ3v) is 5.68. The first-order chi connectivity index (χ1) is 15.3. The minimum Gasteiger partial charge on any atom is -0.336 e. The number of pyridine rings is 1. The summed E-state index contributed by atoms with van der Waals surface area (Å²) in [6, 6.07) is 3.96. The number of aromatic nitrogens is 5. The van der Waals surface area contributed by atoms with E-state index in [0.717, 1.165) is 29.3 Å². The Labute approximate surface area is 181 Å². The Morgan fingerprint density at radius 2 is 1.97 bits per heavy atom. The van der Waals surface area contributed by atoms with Gasteiger partial charge in [0.15, 0.2) is 0 Å². The Kier molecular flexibility index (Phi) is 6.82. The lowest BCUT2D eigenvalue weighted by atomic mass is 10.2. The molecule has 1 N–H and O–H groups in total. The van der Waals surface area contributed by atoms with E-state index in [1.807, 2.05) is 0 Å². The van der Waals surface area contributed by atoms with Gasteiger partial charge in [-0.1, -0.05) is 0 Å². The van der Waals surface area contributed by atoms with Crippen LogP contribution in [0.4, 0.5) is 8.78 Å². The smallest absolute Gasteiger partial charge is 0.267 e. The van der Waals surface area contributed by atoms with E-state index < -0.39 is 39.2 Å². The van der Waals surface area contributed by atoms with E-state index >= 15 is 0 Å². The lowest BCUT2D eigenvalue weighted by molar-refractivity contribution is 0.0753. The molecule has 0 bridgehead atoms. The normalized spacial score (nSPS) is 11.2.